The Bertz CT molecular complexity index is 27.2. The van der Waals surface area contributed by atoms with Crippen molar-refractivity contribution in [3.05, 3.63) is 0 Å². The van der Waals surface area contributed by atoms with Crippen LogP contribution in [0.3, 0.4) is 0 Å². The zero-order chi connectivity index (χ0) is 4.50. The Kier molecular flexibility index (Phi) is 16.7. The van der Waals surface area contributed by atoms with Crippen molar-refractivity contribution in [2.45, 2.75) is 0 Å². The fourth-order valence-corrected chi connectivity index (χ4v) is 0. The van der Waals surface area contributed by atoms with Crippen molar-refractivity contribution in [3.8, 4) is 0 Å². The molecule has 0 saturated heterocycles. The molecule has 7 heteroatoms. The van der Waals surface area contributed by atoms with E-state index >= 15 is 0 Å². The van der Waals surface area contributed by atoms with Gasteiger partial charge < -0.3 is 19.2 Å². The van der Waals surface area contributed by atoms with Crippen LogP contribution in [0, 0.1) is 0 Å². The second kappa shape index (κ2) is 7.06. The molecule has 0 rings (SSSR count). The maximum Gasteiger partial charge on any atom is 2.00 e. The van der Waals surface area contributed by atoms with Gasteiger partial charge in [-0.15, -0.1) is 9.05 Å². The first kappa shape index (κ1) is 16.5. The van der Waals surface area contributed by atoms with Gasteiger partial charge in [0.2, 0.25) is 0 Å². The van der Waals surface area contributed by atoms with E-state index in [0.717, 1.165) is 0 Å². The van der Waals surface area contributed by atoms with Gasteiger partial charge in [0, 0.05) is 0 Å². The molecule has 1 N–H and O–H groups in total. The van der Waals surface area contributed by atoms with Gasteiger partial charge in [-0.25, -0.2) is 0 Å². The van der Waals surface area contributed by atoms with Crippen LogP contribution in [-0.2, 0) is 0 Å². The molecule has 0 atom stereocenters. The average molecular weight is 172 g/mol. The molecule has 0 aromatic rings. The van der Waals surface area contributed by atoms with E-state index in [-0.39, 0.29) is 89.1 Å². The molecule has 0 aliphatic carbocycles. The summed E-state index contributed by atoms with van der Waals surface area (Å²) < 4.78 is 0. The topological polar surface area (TPSA) is 89.4 Å². The molecule has 0 aliphatic heterocycles. The summed E-state index contributed by atoms with van der Waals surface area (Å²) in [4.78, 5) is 33.1. The molecule has 0 aromatic carbocycles. The largest absolute Gasteiger partial charge is 2.00 e. The summed E-state index contributed by atoms with van der Waals surface area (Å²) >= 11 is 0. The summed E-state index contributed by atoms with van der Waals surface area (Å²) in [5.74, 6) is 0. The van der Waals surface area contributed by atoms with Gasteiger partial charge in [-0.05, 0) is 0 Å². The van der Waals surface area contributed by atoms with E-state index in [4.69, 9.17) is 19.2 Å². The zero-order valence-electron chi connectivity index (χ0n) is 3.88. The minimum Gasteiger partial charge on any atom is -0.861 e. The predicted molar refractivity (Wildman–Crippen MR) is 13.7 cm³/mol. The van der Waals surface area contributed by atoms with Crippen LogP contribution in [0.15, 0.2) is 0 Å². The summed E-state index contributed by atoms with van der Waals surface area (Å²) in [7, 11) is -5.36. The van der Waals surface area contributed by atoms with Gasteiger partial charge in [-0.2, -0.15) is 0 Å². The van der Waals surface area contributed by atoms with E-state index in [1.54, 1.807) is 0 Å². The maximum atomic E-state index is 8.69. The van der Waals surface area contributed by atoms with Crippen molar-refractivity contribution in [2.24, 2.45) is 0 Å². The van der Waals surface area contributed by atoms with Crippen molar-refractivity contribution in [3.63, 3.8) is 0 Å². The summed E-state index contributed by atoms with van der Waals surface area (Å²) in [6.07, 6.45) is 0. The minimum atomic E-state index is -5.36. The molecule has 0 bridgehead atoms. The standard InChI is InChI=1S/Ca.K.HO4Si/c;;1-5(2,3)4/h;;1H/q+2;+1;-3. The quantitative estimate of drug-likeness (QED) is 0.367. The van der Waals surface area contributed by atoms with Crippen molar-refractivity contribution in [1.82, 2.24) is 0 Å². The van der Waals surface area contributed by atoms with Crippen LogP contribution in [0.2, 0.25) is 0 Å². The Morgan fingerprint density at radius 3 is 1.14 bits per heavy atom. The smallest absolute Gasteiger partial charge is 0.861 e. The van der Waals surface area contributed by atoms with Crippen LogP contribution < -0.4 is 65.8 Å². The first-order valence-electron chi connectivity index (χ1n) is 0.836. The van der Waals surface area contributed by atoms with Crippen LogP contribution in [-0.4, -0.2) is 51.6 Å². The van der Waals surface area contributed by atoms with E-state index < -0.39 is 9.05 Å². The third-order valence-corrected chi connectivity index (χ3v) is 0. The molecule has 4 nitrogen and oxygen atoms in total. The Morgan fingerprint density at radius 2 is 1.14 bits per heavy atom. The molecule has 0 heterocycles. The molecular formula is HCaKO4Si. The zero-order valence-corrected chi connectivity index (χ0v) is 10.2. The van der Waals surface area contributed by atoms with Crippen LogP contribution in [0.1, 0.15) is 0 Å². The molecule has 7 heavy (non-hydrogen) atoms. The Labute approximate surface area is 114 Å². The predicted octanol–water partition coefficient (Wildman–Crippen LogP) is -7.88. The van der Waals surface area contributed by atoms with E-state index in [2.05, 4.69) is 0 Å². The van der Waals surface area contributed by atoms with Gasteiger partial charge >= 0.3 is 89.1 Å². The molecule has 32 valence electrons. The molecule has 0 saturated carbocycles. The molecule has 0 spiro atoms. The number of hydrogen-bond acceptors (Lipinski definition) is 4. The van der Waals surface area contributed by atoms with Crippen molar-refractivity contribution in [2.75, 3.05) is 0 Å². The van der Waals surface area contributed by atoms with Gasteiger partial charge in [-0.3, -0.25) is 0 Å². The van der Waals surface area contributed by atoms with Gasteiger partial charge in [0.1, 0.15) is 0 Å². The maximum absolute atomic E-state index is 8.69. The van der Waals surface area contributed by atoms with Crippen LogP contribution in [0.4, 0.5) is 0 Å². The van der Waals surface area contributed by atoms with E-state index in [9.17, 15) is 0 Å². The van der Waals surface area contributed by atoms with Crippen molar-refractivity contribution in [1.29, 1.82) is 0 Å². The van der Waals surface area contributed by atoms with Crippen LogP contribution in [0.5, 0.6) is 0 Å². The molecule has 0 aromatic heterocycles. The van der Waals surface area contributed by atoms with Crippen molar-refractivity contribution >= 4 is 46.8 Å². The Morgan fingerprint density at radius 1 is 1.14 bits per heavy atom. The molecule has 0 aliphatic rings. The first-order chi connectivity index (χ1) is 2.00. The van der Waals surface area contributed by atoms with Gasteiger partial charge in [0.25, 0.3) is 0 Å². The summed E-state index contributed by atoms with van der Waals surface area (Å²) in [5.41, 5.74) is 0. The fraction of sp³-hybridized carbons (Fsp3) is 0. The Hall–Kier alpha value is 2.95. The molecule has 0 amide bonds. The SMILES string of the molecule is [Ca+2].[K+].[O-][Si]([O-])([O-])O. The third-order valence-electron chi connectivity index (χ3n) is 0. The summed E-state index contributed by atoms with van der Waals surface area (Å²) in [6.45, 7) is 0. The van der Waals surface area contributed by atoms with E-state index in [1.807, 2.05) is 0 Å². The van der Waals surface area contributed by atoms with E-state index in [1.165, 1.54) is 0 Å². The average Bonchev–Trinajstić information content (AvgIpc) is 0.722. The Balaban J connectivity index is -0.0000000800. The second-order valence-electron chi connectivity index (χ2n) is 0.524. The van der Waals surface area contributed by atoms with Gasteiger partial charge in [0.05, 0.1) is 0 Å². The first-order valence-corrected chi connectivity index (χ1v) is 2.51. The van der Waals surface area contributed by atoms with Crippen LogP contribution >= 0.6 is 0 Å². The molecule has 0 radical (unpaired) electrons. The minimum absolute atomic E-state index is 0. The summed E-state index contributed by atoms with van der Waals surface area (Å²) in [5, 5.41) is 0. The van der Waals surface area contributed by atoms with Gasteiger partial charge in [-0.1, -0.05) is 0 Å². The van der Waals surface area contributed by atoms with Crippen molar-refractivity contribution < 1.29 is 70.6 Å². The van der Waals surface area contributed by atoms with Crippen LogP contribution in [0.25, 0.3) is 0 Å². The van der Waals surface area contributed by atoms with Gasteiger partial charge in [0.15, 0.2) is 0 Å². The molecule has 0 fully saturated rings. The second-order valence-corrected chi connectivity index (χ2v) is 1.57. The summed E-state index contributed by atoms with van der Waals surface area (Å²) in [6, 6.07) is 0. The molecule has 0 unspecified atom stereocenters. The number of rotatable bonds is 0. The molecular weight excluding hydrogens is 171 g/mol. The monoisotopic (exact) mass is 172 g/mol. The number of hydrogen-bond donors (Lipinski definition) is 1. The normalized spacial score (nSPS) is 8.57. The third kappa shape index (κ3) is 49.6. The van der Waals surface area contributed by atoms with E-state index in [0.29, 0.717) is 0 Å². The fourth-order valence-electron chi connectivity index (χ4n) is 0.